The van der Waals surface area contributed by atoms with Gasteiger partial charge in [-0.3, -0.25) is 10.1 Å². The van der Waals surface area contributed by atoms with Crippen molar-refractivity contribution in [3.05, 3.63) is 40.8 Å². The van der Waals surface area contributed by atoms with Crippen LogP contribution in [0, 0.1) is 0 Å². The quantitative estimate of drug-likeness (QED) is 0.492. The van der Waals surface area contributed by atoms with Crippen molar-refractivity contribution in [3.8, 4) is 5.75 Å². The molecule has 2 N–H and O–H groups in total. The summed E-state index contributed by atoms with van der Waals surface area (Å²) in [5.41, 5.74) is -0.192. The maximum absolute atomic E-state index is 11.7. The van der Waals surface area contributed by atoms with Gasteiger partial charge in [0.15, 0.2) is 13.2 Å². The number of imide groups is 1. The van der Waals surface area contributed by atoms with Gasteiger partial charge < -0.3 is 23.9 Å². The van der Waals surface area contributed by atoms with Crippen LogP contribution in [0.3, 0.4) is 0 Å². The zero-order valence-corrected chi connectivity index (χ0v) is 15.4. The summed E-state index contributed by atoms with van der Waals surface area (Å²) in [4.78, 5) is 46.0. The number of hydrogen-bond acceptors (Lipinski definition) is 8. The Kier molecular flexibility index (Phi) is 7.52. The first-order chi connectivity index (χ1) is 13.4. The predicted octanol–water partition coefficient (Wildman–Crippen LogP) is 0.576. The van der Waals surface area contributed by atoms with Crippen LogP contribution in [0.25, 0.3) is 11.0 Å². The standard InChI is InChI=1S/C18H20N2O8/c1-11(8-25-2)19-18(24)20-15(21)9-27-17(23)10-26-13-5-3-12-4-6-16(22)28-14(12)7-13/h3-7,11H,8-10H2,1-2H3,(H2,19,20,21,24). The lowest BCUT2D eigenvalue weighted by atomic mass is 10.2. The average Bonchev–Trinajstić information content (AvgIpc) is 2.64. The number of nitrogens with one attached hydrogen (secondary N) is 2. The smallest absolute Gasteiger partial charge is 0.344 e. The number of benzene rings is 1. The minimum atomic E-state index is -0.807. The highest BCUT2D eigenvalue weighted by Gasteiger charge is 2.13. The van der Waals surface area contributed by atoms with Crippen molar-refractivity contribution in [1.29, 1.82) is 0 Å². The fourth-order valence-electron chi connectivity index (χ4n) is 2.17. The number of amides is 3. The Morgan fingerprint density at radius 3 is 2.64 bits per heavy atom. The maximum atomic E-state index is 11.7. The van der Waals surface area contributed by atoms with E-state index in [9.17, 15) is 19.2 Å². The molecule has 3 amide bonds. The predicted molar refractivity (Wildman–Crippen MR) is 97.0 cm³/mol. The number of methoxy groups -OCH3 is 1. The molecule has 0 aliphatic carbocycles. The monoisotopic (exact) mass is 392 g/mol. The Bertz CT molecular complexity index is 908. The van der Waals surface area contributed by atoms with E-state index in [-0.39, 0.29) is 18.4 Å². The van der Waals surface area contributed by atoms with Gasteiger partial charge in [0, 0.05) is 24.6 Å². The summed E-state index contributed by atoms with van der Waals surface area (Å²) in [5.74, 6) is -1.31. The molecule has 0 radical (unpaired) electrons. The van der Waals surface area contributed by atoms with Crippen molar-refractivity contribution < 1.29 is 33.0 Å². The van der Waals surface area contributed by atoms with Gasteiger partial charge in [-0.05, 0) is 25.1 Å². The molecule has 0 fully saturated rings. The van der Waals surface area contributed by atoms with Crippen molar-refractivity contribution in [2.75, 3.05) is 26.9 Å². The Balaban J connectivity index is 1.74. The van der Waals surface area contributed by atoms with Crippen molar-refractivity contribution >= 4 is 28.9 Å². The first kappa shape index (κ1) is 20.9. The number of urea groups is 1. The van der Waals surface area contributed by atoms with Crippen LogP contribution in [0.4, 0.5) is 4.79 Å². The molecule has 1 heterocycles. The first-order valence-electron chi connectivity index (χ1n) is 8.29. The third kappa shape index (κ3) is 6.72. The molecule has 1 atom stereocenters. The van der Waals surface area contributed by atoms with Gasteiger partial charge in [-0.2, -0.15) is 0 Å². The van der Waals surface area contributed by atoms with Crippen LogP contribution in [-0.4, -0.2) is 50.9 Å². The molecule has 0 spiro atoms. The van der Waals surface area contributed by atoms with Gasteiger partial charge in [-0.25, -0.2) is 14.4 Å². The van der Waals surface area contributed by atoms with Gasteiger partial charge >= 0.3 is 17.6 Å². The SMILES string of the molecule is COCC(C)NC(=O)NC(=O)COC(=O)COc1ccc2ccc(=O)oc2c1. The minimum Gasteiger partial charge on any atom is -0.482 e. The average molecular weight is 392 g/mol. The van der Waals surface area contributed by atoms with E-state index in [1.54, 1.807) is 25.1 Å². The molecule has 28 heavy (non-hydrogen) atoms. The summed E-state index contributed by atoms with van der Waals surface area (Å²) in [7, 11) is 1.48. The molecule has 2 aromatic rings. The Morgan fingerprint density at radius 2 is 1.89 bits per heavy atom. The first-order valence-corrected chi connectivity index (χ1v) is 8.29. The molecule has 0 aliphatic rings. The van der Waals surface area contributed by atoms with Crippen LogP contribution in [0.15, 0.2) is 39.5 Å². The summed E-state index contributed by atoms with van der Waals surface area (Å²) in [5, 5.41) is 5.19. The fourth-order valence-corrected chi connectivity index (χ4v) is 2.17. The summed E-state index contributed by atoms with van der Waals surface area (Å²) in [6.45, 7) is 0.878. The van der Waals surface area contributed by atoms with Gasteiger partial charge in [-0.1, -0.05) is 0 Å². The highest BCUT2D eigenvalue weighted by Crippen LogP contribution is 2.19. The van der Waals surface area contributed by atoms with E-state index in [1.807, 2.05) is 5.32 Å². The molecule has 10 heteroatoms. The van der Waals surface area contributed by atoms with E-state index in [0.29, 0.717) is 11.0 Å². The van der Waals surface area contributed by atoms with Gasteiger partial charge in [0.1, 0.15) is 11.3 Å². The summed E-state index contributed by atoms with van der Waals surface area (Å²) >= 11 is 0. The van der Waals surface area contributed by atoms with E-state index >= 15 is 0 Å². The number of esters is 1. The molecule has 0 saturated heterocycles. The molecule has 150 valence electrons. The summed E-state index contributed by atoms with van der Waals surface area (Å²) in [6, 6.07) is 6.60. The topological polar surface area (TPSA) is 133 Å². The third-order valence-electron chi connectivity index (χ3n) is 3.36. The molecule has 1 unspecified atom stereocenters. The Hall–Kier alpha value is -3.40. The lowest BCUT2D eigenvalue weighted by molar-refractivity contribution is -0.150. The van der Waals surface area contributed by atoms with Gasteiger partial charge in [0.25, 0.3) is 5.91 Å². The molecular weight excluding hydrogens is 372 g/mol. The van der Waals surface area contributed by atoms with Crippen LogP contribution < -0.4 is 21.0 Å². The lowest BCUT2D eigenvalue weighted by Crippen LogP contribution is -2.46. The van der Waals surface area contributed by atoms with E-state index in [1.165, 1.54) is 19.2 Å². The molecule has 0 saturated carbocycles. The van der Waals surface area contributed by atoms with E-state index in [2.05, 4.69) is 5.32 Å². The maximum Gasteiger partial charge on any atom is 0.344 e. The zero-order valence-electron chi connectivity index (χ0n) is 15.4. The summed E-state index contributed by atoms with van der Waals surface area (Å²) in [6.07, 6.45) is 0. The molecule has 10 nitrogen and oxygen atoms in total. The number of ether oxygens (including phenoxy) is 3. The van der Waals surface area contributed by atoms with Crippen molar-refractivity contribution in [1.82, 2.24) is 10.6 Å². The highest BCUT2D eigenvalue weighted by atomic mass is 16.6. The Morgan fingerprint density at radius 1 is 1.14 bits per heavy atom. The third-order valence-corrected chi connectivity index (χ3v) is 3.36. The normalized spacial score (nSPS) is 11.5. The zero-order chi connectivity index (χ0) is 20.5. The van der Waals surface area contributed by atoms with Crippen LogP contribution in [0.5, 0.6) is 5.75 Å². The lowest BCUT2D eigenvalue weighted by Gasteiger charge is -2.13. The van der Waals surface area contributed by atoms with E-state index < -0.39 is 36.7 Å². The van der Waals surface area contributed by atoms with Gasteiger partial charge in [-0.15, -0.1) is 0 Å². The second-order valence-electron chi connectivity index (χ2n) is 5.78. The summed E-state index contributed by atoms with van der Waals surface area (Å²) < 4.78 is 19.8. The van der Waals surface area contributed by atoms with Gasteiger partial charge in [0.05, 0.1) is 12.6 Å². The van der Waals surface area contributed by atoms with Crippen LogP contribution in [0.1, 0.15) is 6.92 Å². The number of carbonyl (C=O) groups excluding carboxylic acids is 3. The second-order valence-corrected chi connectivity index (χ2v) is 5.78. The Labute approximate surface area is 159 Å². The largest absolute Gasteiger partial charge is 0.482 e. The molecule has 2 rings (SSSR count). The van der Waals surface area contributed by atoms with Crippen LogP contribution >= 0.6 is 0 Å². The van der Waals surface area contributed by atoms with Crippen molar-refractivity contribution in [3.63, 3.8) is 0 Å². The molecule has 0 aliphatic heterocycles. The van der Waals surface area contributed by atoms with Crippen molar-refractivity contribution in [2.45, 2.75) is 13.0 Å². The highest BCUT2D eigenvalue weighted by molar-refractivity contribution is 5.95. The second kappa shape index (κ2) is 10.1. The number of carbonyl (C=O) groups is 3. The molecule has 1 aromatic heterocycles. The van der Waals surface area contributed by atoms with Gasteiger partial charge in [0.2, 0.25) is 0 Å². The fraction of sp³-hybridized carbons (Fsp3) is 0.333. The van der Waals surface area contributed by atoms with Crippen LogP contribution in [-0.2, 0) is 19.1 Å². The molecule has 0 bridgehead atoms. The van der Waals surface area contributed by atoms with E-state index in [4.69, 9.17) is 18.6 Å². The minimum absolute atomic E-state index is 0.284. The van der Waals surface area contributed by atoms with E-state index in [0.717, 1.165) is 0 Å². The number of hydrogen-bond donors (Lipinski definition) is 2. The number of fused-ring (bicyclic) bond motifs is 1. The van der Waals surface area contributed by atoms with Crippen molar-refractivity contribution in [2.24, 2.45) is 0 Å². The molecule has 1 aromatic carbocycles. The number of rotatable bonds is 8. The van der Waals surface area contributed by atoms with Crippen LogP contribution in [0.2, 0.25) is 0 Å². The molecular formula is C18H20N2O8.